The van der Waals surface area contributed by atoms with Gasteiger partial charge in [0.2, 0.25) is 0 Å². The van der Waals surface area contributed by atoms with Crippen LogP contribution in [0.3, 0.4) is 0 Å². The molecular formula is C19H18N4O2S2. The fourth-order valence-corrected chi connectivity index (χ4v) is 4.46. The van der Waals surface area contributed by atoms with E-state index in [2.05, 4.69) is 20.1 Å². The van der Waals surface area contributed by atoms with Crippen LogP contribution in [0.25, 0.3) is 0 Å². The lowest BCUT2D eigenvalue weighted by Gasteiger charge is -2.13. The first-order valence-electron chi connectivity index (χ1n) is 8.54. The smallest absolute Gasteiger partial charge is 0.266 e. The second-order valence-corrected chi connectivity index (χ2v) is 8.22. The summed E-state index contributed by atoms with van der Waals surface area (Å²) >= 11 is 2.45. The maximum Gasteiger partial charge on any atom is 0.266 e. The van der Waals surface area contributed by atoms with Gasteiger partial charge in [-0.25, -0.2) is 0 Å². The van der Waals surface area contributed by atoms with Crippen molar-refractivity contribution in [2.75, 3.05) is 0 Å². The molecule has 2 amide bonds. The fourth-order valence-electron chi connectivity index (χ4n) is 3.06. The van der Waals surface area contributed by atoms with Crippen LogP contribution in [0.5, 0.6) is 0 Å². The first kappa shape index (κ1) is 17.8. The molecule has 1 aliphatic rings. The van der Waals surface area contributed by atoms with E-state index in [-0.39, 0.29) is 11.8 Å². The van der Waals surface area contributed by atoms with Crippen LogP contribution < -0.4 is 5.32 Å². The van der Waals surface area contributed by atoms with Gasteiger partial charge in [0.15, 0.2) is 0 Å². The molecule has 0 atom stereocenters. The van der Waals surface area contributed by atoms with Crippen LogP contribution in [0.15, 0.2) is 30.3 Å². The molecule has 0 fully saturated rings. The van der Waals surface area contributed by atoms with Crippen molar-refractivity contribution in [3.63, 3.8) is 0 Å². The van der Waals surface area contributed by atoms with Gasteiger partial charge in [0, 0.05) is 19.6 Å². The van der Waals surface area contributed by atoms with Gasteiger partial charge in [0.25, 0.3) is 11.8 Å². The van der Waals surface area contributed by atoms with Crippen molar-refractivity contribution < 1.29 is 9.59 Å². The van der Waals surface area contributed by atoms with E-state index in [1.807, 2.05) is 36.9 Å². The highest BCUT2D eigenvalue weighted by atomic mass is 32.1. The third kappa shape index (κ3) is 3.77. The van der Waals surface area contributed by atoms with Crippen molar-refractivity contribution in [2.24, 2.45) is 0 Å². The summed E-state index contributed by atoms with van der Waals surface area (Å²) in [5.41, 5.74) is 5.02. The minimum absolute atomic E-state index is 0.0206. The molecule has 8 heteroatoms. The van der Waals surface area contributed by atoms with Crippen LogP contribution in [0.2, 0.25) is 0 Å². The van der Waals surface area contributed by atoms with E-state index >= 15 is 0 Å². The molecule has 1 N–H and O–H groups in total. The number of nitrogens with zero attached hydrogens (tertiary/aromatic N) is 3. The Morgan fingerprint density at radius 3 is 2.33 bits per heavy atom. The van der Waals surface area contributed by atoms with Crippen LogP contribution in [-0.2, 0) is 19.6 Å². The molecule has 0 saturated carbocycles. The predicted molar refractivity (Wildman–Crippen MR) is 105 cm³/mol. The van der Waals surface area contributed by atoms with Crippen LogP contribution in [0, 0.1) is 13.8 Å². The van der Waals surface area contributed by atoms with Crippen molar-refractivity contribution in [2.45, 2.75) is 33.5 Å². The average molecular weight is 399 g/mol. The SMILES string of the molecule is Cc1cc(C(=O)NCc2ccc3c(c2)CN(C(=O)c2cc(C)ns2)C3)sn1. The summed E-state index contributed by atoms with van der Waals surface area (Å²) in [4.78, 5) is 27.9. The zero-order valence-electron chi connectivity index (χ0n) is 15.0. The number of hydrogen-bond donors (Lipinski definition) is 1. The van der Waals surface area contributed by atoms with Gasteiger partial charge in [-0.3, -0.25) is 9.59 Å². The highest BCUT2D eigenvalue weighted by Gasteiger charge is 2.25. The second kappa shape index (κ2) is 7.21. The number of fused-ring (bicyclic) bond motifs is 1. The molecule has 3 heterocycles. The monoisotopic (exact) mass is 398 g/mol. The molecule has 0 radical (unpaired) electrons. The maximum absolute atomic E-state index is 12.6. The van der Waals surface area contributed by atoms with E-state index in [4.69, 9.17) is 0 Å². The van der Waals surface area contributed by atoms with Gasteiger partial charge in [0.05, 0.1) is 11.4 Å². The molecule has 4 rings (SSSR count). The number of carbonyl (C=O) groups excluding carboxylic acids is 2. The Hall–Kier alpha value is -2.58. The minimum Gasteiger partial charge on any atom is -0.347 e. The Labute approximate surface area is 165 Å². The number of benzene rings is 1. The van der Waals surface area contributed by atoms with Crippen molar-refractivity contribution in [3.05, 3.63) is 68.2 Å². The number of carbonyl (C=O) groups is 2. The quantitative estimate of drug-likeness (QED) is 0.732. The molecule has 0 bridgehead atoms. The summed E-state index contributed by atoms with van der Waals surface area (Å²) in [7, 11) is 0. The third-order valence-corrected chi connectivity index (χ3v) is 6.17. The van der Waals surface area contributed by atoms with Crippen molar-refractivity contribution in [1.29, 1.82) is 0 Å². The number of aromatic nitrogens is 2. The average Bonchev–Trinajstić information content (AvgIpc) is 3.38. The second-order valence-electron chi connectivity index (χ2n) is 6.61. The minimum atomic E-state index is -0.113. The first-order valence-corrected chi connectivity index (χ1v) is 10.1. The molecule has 1 aliphatic heterocycles. The zero-order valence-corrected chi connectivity index (χ0v) is 16.6. The highest BCUT2D eigenvalue weighted by Crippen LogP contribution is 2.26. The number of aryl methyl sites for hydroxylation is 2. The van der Waals surface area contributed by atoms with Crippen LogP contribution in [0.4, 0.5) is 0 Å². The molecule has 6 nitrogen and oxygen atoms in total. The third-order valence-electron chi connectivity index (χ3n) is 4.42. The molecular weight excluding hydrogens is 380 g/mol. The Balaban J connectivity index is 1.40. The van der Waals surface area contributed by atoms with Gasteiger partial charge >= 0.3 is 0 Å². The summed E-state index contributed by atoms with van der Waals surface area (Å²) in [6.45, 7) is 5.40. The molecule has 27 heavy (non-hydrogen) atoms. The van der Waals surface area contributed by atoms with Gasteiger partial charge in [-0.05, 0) is 65.7 Å². The Morgan fingerprint density at radius 1 is 1.00 bits per heavy atom. The largest absolute Gasteiger partial charge is 0.347 e. The van der Waals surface area contributed by atoms with Crippen LogP contribution in [0.1, 0.15) is 47.4 Å². The van der Waals surface area contributed by atoms with Crippen LogP contribution in [-0.4, -0.2) is 25.5 Å². The number of nitrogens with one attached hydrogen (secondary N) is 1. The van der Waals surface area contributed by atoms with E-state index in [0.717, 1.165) is 28.1 Å². The molecule has 0 saturated heterocycles. The van der Waals surface area contributed by atoms with Gasteiger partial charge in [-0.1, -0.05) is 18.2 Å². The van der Waals surface area contributed by atoms with E-state index < -0.39 is 0 Å². The predicted octanol–water partition coefficient (Wildman–Crippen LogP) is 3.30. The van der Waals surface area contributed by atoms with E-state index in [0.29, 0.717) is 29.4 Å². The van der Waals surface area contributed by atoms with E-state index in [1.165, 1.54) is 23.1 Å². The zero-order chi connectivity index (χ0) is 19.0. The number of amides is 2. The first-order chi connectivity index (χ1) is 13.0. The Bertz CT molecular complexity index is 1020. The normalized spacial score (nSPS) is 12.9. The highest BCUT2D eigenvalue weighted by molar-refractivity contribution is 7.08. The molecule has 2 aromatic heterocycles. The van der Waals surface area contributed by atoms with E-state index in [1.54, 1.807) is 6.07 Å². The molecule has 0 aliphatic carbocycles. The summed E-state index contributed by atoms with van der Waals surface area (Å²) in [6.07, 6.45) is 0. The molecule has 138 valence electrons. The number of hydrogen-bond acceptors (Lipinski definition) is 6. The number of rotatable bonds is 4. The fraction of sp³-hybridized carbons (Fsp3) is 0.263. The van der Waals surface area contributed by atoms with E-state index in [9.17, 15) is 9.59 Å². The Morgan fingerprint density at radius 2 is 1.67 bits per heavy atom. The molecule has 1 aromatic carbocycles. The standard InChI is InChI=1S/C19H18N4O2S2/c1-11-5-16(26-21-11)18(24)20-8-13-3-4-14-9-23(10-15(14)7-13)19(25)17-6-12(2)22-27-17/h3-7H,8-10H2,1-2H3,(H,20,24). The lowest BCUT2D eigenvalue weighted by Crippen LogP contribution is -2.24. The van der Waals surface area contributed by atoms with Crippen molar-refractivity contribution in [3.8, 4) is 0 Å². The lowest BCUT2D eigenvalue weighted by atomic mass is 10.1. The van der Waals surface area contributed by atoms with Crippen molar-refractivity contribution in [1.82, 2.24) is 19.0 Å². The Kier molecular flexibility index (Phi) is 4.75. The van der Waals surface area contributed by atoms with Gasteiger partial charge in [-0.2, -0.15) is 8.75 Å². The van der Waals surface area contributed by atoms with Crippen molar-refractivity contribution >= 4 is 34.9 Å². The summed E-state index contributed by atoms with van der Waals surface area (Å²) in [6, 6.07) is 9.73. The van der Waals surface area contributed by atoms with Crippen LogP contribution >= 0.6 is 23.1 Å². The van der Waals surface area contributed by atoms with Gasteiger partial charge < -0.3 is 10.2 Å². The van der Waals surface area contributed by atoms with Gasteiger partial charge in [0.1, 0.15) is 9.75 Å². The summed E-state index contributed by atoms with van der Waals surface area (Å²) in [5, 5.41) is 2.93. The maximum atomic E-state index is 12.6. The lowest BCUT2D eigenvalue weighted by molar-refractivity contribution is 0.0756. The summed E-state index contributed by atoms with van der Waals surface area (Å²) < 4.78 is 8.32. The van der Waals surface area contributed by atoms with Gasteiger partial charge in [-0.15, -0.1) is 0 Å². The molecule has 3 aromatic rings. The topological polar surface area (TPSA) is 75.2 Å². The summed E-state index contributed by atoms with van der Waals surface area (Å²) in [5.74, 6) is -0.0920. The molecule has 0 spiro atoms. The molecule has 0 unspecified atom stereocenters.